The maximum absolute atomic E-state index is 9.57. The van der Waals surface area contributed by atoms with E-state index in [4.69, 9.17) is 9.05 Å². The van der Waals surface area contributed by atoms with E-state index in [1.807, 2.05) is 30.3 Å². The van der Waals surface area contributed by atoms with Gasteiger partial charge in [0, 0.05) is 0 Å². The minimum Gasteiger partial charge on any atom is -0.328 e. The van der Waals surface area contributed by atoms with Crippen molar-refractivity contribution in [2.75, 3.05) is 6.61 Å². The van der Waals surface area contributed by atoms with Gasteiger partial charge in [0.15, 0.2) is 0 Å². The monoisotopic (exact) mass is 284 g/mol. The molecule has 1 atom stereocenters. The standard InChI is InChI=1S/C15H25O3P/c1-2-3-4-5-6-10-13-17-19(16)18-14-15-11-8-7-9-12-15/h7-9,11-12,16H,2-6,10,13-14H2,1H3. The zero-order valence-corrected chi connectivity index (χ0v) is 12.6. The summed E-state index contributed by atoms with van der Waals surface area (Å²) in [6, 6.07) is 9.80. The van der Waals surface area contributed by atoms with Gasteiger partial charge in [0.25, 0.3) is 0 Å². The van der Waals surface area contributed by atoms with Crippen LogP contribution in [0.1, 0.15) is 51.0 Å². The van der Waals surface area contributed by atoms with Gasteiger partial charge < -0.3 is 13.9 Å². The lowest BCUT2D eigenvalue weighted by Crippen LogP contribution is -1.94. The Balaban J connectivity index is 1.95. The molecule has 3 nitrogen and oxygen atoms in total. The molecule has 1 rings (SSSR count). The van der Waals surface area contributed by atoms with E-state index in [9.17, 15) is 4.89 Å². The molecule has 0 amide bonds. The highest BCUT2D eigenvalue weighted by molar-refractivity contribution is 7.40. The van der Waals surface area contributed by atoms with Crippen LogP contribution in [0.4, 0.5) is 0 Å². The Morgan fingerprint density at radius 2 is 1.63 bits per heavy atom. The van der Waals surface area contributed by atoms with Crippen LogP contribution in [0.3, 0.4) is 0 Å². The Bertz CT molecular complexity index is 306. The first kappa shape index (κ1) is 16.6. The molecule has 1 N–H and O–H groups in total. The Kier molecular flexibility index (Phi) is 9.92. The van der Waals surface area contributed by atoms with Crippen molar-refractivity contribution in [2.24, 2.45) is 0 Å². The second-order valence-electron chi connectivity index (χ2n) is 4.60. The van der Waals surface area contributed by atoms with E-state index in [0.717, 1.165) is 12.0 Å². The topological polar surface area (TPSA) is 38.7 Å². The lowest BCUT2D eigenvalue weighted by Gasteiger charge is -2.10. The molecule has 0 saturated heterocycles. The summed E-state index contributed by atoms with van der Waals surface area (Å²) < 4.78 is 10.5. The molecular weight excluding hydrogens is 259 g/mol. The van der Waals surface area contributed by atoms with Gasteiger partial charge in [-0.25, -0.2) is 0 Å². The summed E-state index contributed by atoms with van der Waals surface area (Å²) in [5.74, 6) is 0. The predicted molar refractivity (Wildman–Crippen MR) is 79.7 cm³/mol. The highest BCUT2D eigenvalue weighted by Gasteiger charge is 2.06. The van der Waals surface area contributed by atoms with Crippen LogP contribution in [0, 0.1) is 0 Å². The summed E-state index contributed by atoms with van der Waals surface area (Å²) >= 11 is 0. The highest BCUT2D eigenvalue weighted by Crippen LogP contribution is 2.34. The minimum atomic E-state index is -1.73. The number of hydrogen-bond acceptors (Lipinski definition) is 3. The molecule has 108 valence electrons. The maximum Gasteiger partial charge on any atom is 0.330 e. The Morgan fingerprint density at radius 3 is 2.37 bits per heavy atom. The van der Waals surface area contributed by atoms with E-state index >= 15 is 0 Å². The molecule has 0 aliphatic carbocycles. The van der Waals surface area contributed by atoms with Crippen molar-refractivity contribution in [1.29, 1.82) is 0 Å². The van der Waals surface area contributed by atoms with Crippen molar-refractivity contribution in [3.05, 3.63) is 35.9 Å². The molecule has 4 heteroatoms. The molecule has 0 aliphatic rings. The Labute approximate surface area is 117 Å². The molecule has 0 spiro atoms. The first-order valence-corrected chi connectivity index (χ1v) is 8.24. The zero-order valence-electron chi connectivity index (χ0n) is 11.8. The first-order valence-electron chi connectivity index (χ1n) is 7.11. The van der Waals surface area contributed by atoms with Crippen molar-refractivity contribution in [3.8, 4) is 0 Å². The van der Waals surface area contributed by atoms with Gasteiger partial charge in [0.05, 0.1) is 13.2 Å². The Hall–Kier alpha value is -0.470. The summed E-state index contributed by atoms with van der Waals surface area (Å²) in [6.07, 6.45) is 7.31. The van der Waals surface area contributed by atoms with Crippen molar-refractivity contribution in [1.82, 2.24) is 0 Å². The summed E-state index contributed by atoms with van der Waals surface area (Å²) in [4.78, 5) is 9.57. The summed E-state index contributed by atoms with van der Waals surface area (Å²) in [5, 5.41) is 0. The van der Waals surface area contributed by atoms with Crippen molar-refractivity contribution in [2.45, 2.75) is 52.1 Å². The molecule has 19 heavy (non-hydrogen) atoms. The van der Waals surface area contributed by atoms with Crippen molar-refractivity contribution in [3.63, 3.8) is 0 Å². The largest absolute Gasteiger partial charge is 0.330 e. The third kappa shape index (κ3) is 9.12. The van der Waals surface area contributed by atoms with Crippen LogP contribution in [0.25, 0.3) is 0 Å². The van der Waals surface area contributed by atoms with Gasteiger partial charge in [-0.05, 0) is 12.0 Å². The van der Waals surface area contributed by atoms with Crippen LogP contribution in [-0.4, -0.2) is 11.5 Å². The van der Waals surface area contributed by atoms with Crippen LogP contribution in [0.5, 0.6) is 0 Å². The van der Waals surface area contributed by atoms with Crippen molar-refractivity contribution < 1.29 is 13.9 Å². The lowest BCUT2D eigenvalue weighted by atomic mass is 10.1. The van der Waals surface area contributed by atoms with Gasteiger partial charge in [-0.2, -0.15) is 0 Å². The van der Waals surface area contributed by atoms with Crippen LogP contribution < -0.4 is 0 Å². The normalized spacial score (nSPS) is 12.5. The molecule has 0 radical (unpaired) electrons. The fraction of sp³-hybridized carbons (Fsp3) is 0.600. The quantitative estimate of drug-likeness (QED) is 0.468. The fourth-order valence-electron chi connectivity index (χ4n) is 1.77. The van der Waals surface area contributed by atoms with Crippen LogP contribution in [0.15, 0.2) is 30.3 Å². The number of rotatable bonds is 11. The first-order chi connectivity index (χ1) is 9.33. The smallest absolute Gasteiger partial charge is 0.328 e. The predicted octanol–water partition coefficient (Wildman–Crippen LogP) is 4.80. The molecule has 1 aromatic rings. The summed E-state index contributed by atoms with van der Waals surface area (Å²) in [7, 11) is -1.73. The average molecular weight is 284 g/mol. The van der Waals surface area contributed by atoms with Gasteiger partial charge >= 0.3 is 8.60 Å². The van der Waals surface area contributed by atoms with Crippen LogP contribution in [-0.2, 0) is 15.7 Å². The lowest BCUT2D eigenvalue weighted by molar-refractivity contribution is 0.190. The molecule has 0 saturated carbocycles. The Morgan fingerprint density at radius 1 is 0.947 bits per heavy atom. The second-order valence-corrected chi connectivity index (χ2v) is 5.59. The average Bonchev–Trinajstić information content (AvgIpc) is 2.45. The molecule has 1 unspecified atom stereocenters. The highest BCUT2D eigenvalue weighted by atomic mass is 31.2. The molecule has 0 aliphatic heterocycles. The van der Waals surface area contributed by atoms with Crippen LogP contribution >= 0.6 is 8.60 Å². The van der Waals surface area contributed by atoms with E-state index in [0.29, 0.717) is 13.2 Å². The molecule has 1 aromatic carbocycles. The maximum atomic E-state index is 9.57. The molecule has 0 fully saturated rings. The number of hydrogen-bond donors (Lipinski definition) is 1. The van der Waals surface area contributed by atoms with Crippen molar-refractivity contribution >= 4 is 8.60 Å². The van der Waals surface area contributed by atoms with E-state index < -0.39 is 8.60 Å². The fourth-order valence-corrected chi connectivity index (χ4v) is 2.39. The van der Waals surface area contributed by atoms with E-state index in [1.165, 1.54) is 32.1 Å². The third-order valence-electron chi connectivity index (χ3n) is 2.88. The van der Waals surface area contributed by atoms with E-state index in [-0.39, 0.29) is 0 Å². The zero-order chi connectivity index (χ0) is 13.8. The summed E-state index contributed by atoms with van der Waals surface area (Å²) in [5.41, 5.74) is 1.05. The number of benzene rings is 1. The molecule has 0 heterocycles. The van der Waals surface area contributed by atoms with E-state index in [1.54, 1.807) is 0 Å². The third-order valence-corrected chi connectivity index (χ3v) is 3.64. The van der Waals surface area contributed by atoms with Gasteiger partial charge in [0.2, 0.25) is 0 Å². The van der Waals surface area contributed by atoms with Gasteiger partial charge in [-0.1, -0.05) is 69.4 Å². The molecule has 0 aromatic heterocycles. The van der Waals surface area contributed by atoms with Gasteiger partial charge in [-0.15, -0.1) is 0 Å². The second kappa shape index (κ2) is 11.4. The van der Waals surface area contributed by atoms with Crippen LogP contribution in [0.2, 0.25) is 0 Å². The van der Waals surface area contributed by atoms with E-state index in [2.05, 4.69) is 6.92 Å². The summed E-state index contributed by atoms with van der Waals surface area (Å²) in [6.45, 7) is 3.20. The SMILES string of the molecule is CCCCCCCCOP(O)OCc1ccccc1. The number of unbranched alkanes of at least 4 members (excludes halogenated alkanes) is 5. The molecule has 0 bridgehead atoms. The minimum absolute atomic E-state index is 0.402. The molecular formula is C15H25O3P. The van der Waals surface area contributed by atoms with Gasteiger partial charge in [-0.3, -0.25) is 0 Å². The van der Waals surface area contributed by atoms with Gasteiger partial charge in [0.1, 0.15) is 0 Å².